The van der Waals surface area contributed by atoms with Crippen LogP contribution in [0.3, 0.4) is 0 Å². The molecule has 0 aliphatic heterocycles. The molecule has 1 aromatic rings. The van der Waals surface area contributed by atoms with Crippen molar-refractivity contribution in [2.45, 2.75) is 26.4 Å². The van der Waals surface area contributed by atoms with Crippen LogP contribution >= 0.6 is 0 Å². The van der Waals surface area contributed by atoms with E-state index in [0.29, 0.717) is 5.56 Å². The average Bonchev–Trinajstić information content (AvgIpc) is 2.34. The van der Waals surface area contributed by atoms with E-state index in [1.54, 1.807) is 13.8 Å². The maximum atomic E-state index is 12.7. The molecule has 0 fully saturated rings. The minimum Gasteiger partial charge on any atom is -0.481 e. The molecule has 1 unspecified atom stereocenters. The van der Waals surface area contributed by atoms with E-state index in [1.807, 2.05) is 0 Å². The molecular formula is C14H18F3NO2. The Balaban J connectivity index is 3.16. The molecule has 20 heavy (non-hydrogen) atoms. The minimum absolute atomic E-state index is 0.0274. The number of alkyl halides is 3. The molecule has 0 spiro atoms. The Morgan fingerprint density at radius 2 is 1.95 bits per heavy atom. The van der Waals surface area contributed by atoms with E-state index in [-0.39, 0.29) is 18.9 Å². The molecule has 0 radical (unpaired) electrons. The summed E-state index contributed by atoms with van der Waals surface area (Å²) in [5.74, 6) is -1.38. The normalized spacial score (nSPS) is 15.2. The fourth-order valence-corrected chi connectivity index (χ4v) is 2.14. The summed E-state index contributed by atoms with van der Waals surface area (Å²) in [7, 11) is 0. The zero-order valence-electron chi connectivity index (χ0n) is 11.4. The number of carboxylic acid groups (broad SMARTS) is 1. The number of rotatable bonds is 5. The number of nitrogens with two attached hydrogens (primary N) is 1. The van der Waals surface area contributed by atoms with Crippen LogP contribution in [0.5, 0.6) is 0 Å². The molecule has 0 bridgehead atoms. The topological polar surface area (TPSA) is 63.3 Å². The third-order valence-electron chi connectivity index (χ3n) is 3.67. The molecule has 0 saturated carbocycles. The second-order valence-electron chi connectivity index (χ2n) is 5.20. The molecule has 0 saturated heterocycles. The lowest BCUT2D eigenvalue weighted by Crippen LogP contribution is -2.45. The van der Waals surface area contributed by atoms with Crippen molar-refractivity contribution in [1.82, 2.24) is 0 Å². The van der Waals surface area contributed by atoms with Gasteiger partial charge in [0.15, 0.2) is 0 Å². The molecule has 0 aromatic heterocycles. The third-order valence-corrected chi connectivity index (χ3v) is 3.67. The summed E-state index contributed by atoms with van der Waals surface area (Å²) >= 11 is 0. The summed E-state index contributed by atoms with van der Waals surface area (Å²) in [4.78, 5) is 11.5. The van der Waals surface area contributed by atoms with Crippen molar-refractivity contribution in [2.24, 2.45) is 17.1 Å². The Bertz CT molecular complexity index is 486. The standard InChI is InChI=1S/C14H18F3NO2/c1-9(2)13(8-18,12(19)20)7-10-4-3-5-11(6-10)14(15,16)17/h3-6,9H,7-8,18H2,1-2H3,(H,19,20). The first-order valence-corrected chi connectivity index (χ1v) is 6.23. The lowest BCUT2D eigenvalue weighted by Gasteiger charge is -2.32. The van der Waals surface area contributed by atoms with Gasteiger partial charge in [-0.05, 0) is 24.0 Å². The lowest BCUT2D eigenvalue weighted by molar-refractivity contribution is -0.151. The van der Waals surface area contributed by atoms with Gasteiger partial charge in [-0.2, -0.15) is 13.2 Å². The second kappa shape index (κ2) is 5.83. The smallest absolute Gasteiger partial charge is 0.416 e. The van der Waals surface area contributed by atoms with Crippen molar-refractivity contribution in [2.75, 3.05) is 6.54 Å². The van der Waals surface area contributed by atoms with Gasteiger partial charge >= 0.3 is 12.1 Å². The van der Waals surface area contributed by atoms with Gasteiger partial charge in [0, 0.05) is 6.54 Å². The van der Waals surface area contributed by atoms with Gasteiger partial charge in [0.25, 0.3) is 0 Å². The number of carbonyl (C=O) groups is 1. The largest absolute Gasteiger partial charge is 0.481 e. The van der Waals surface area contributed by atoms with Gasteiger partial charge < -0.3 is 10.8 Å². The average molecular weight is 289 g/mol. The van der Waals surface area contributed by atoms with Gasteiger partial charge in [-0.1, -0.05) is 32.0 Å². The monoisotopic (exact) mass is 289 g/mol. The van der Waals surface area contributed by atoms with Crippen molar-refractivity contribution in [3.05, 3.63) is 35.4 Å². The van der Waals surface area contributed by atoms with Gasteiger partial charge in [0.05, 0.1) is 11.0 Å². The van der Waals surface area contributed by atoms with Gasteiger partial charge in [-0.25, -0.2) is 0 Å². The van der Waals surface area contributed by atoms with Crippen LogP contribution < -0.4 is 5.73 Å². The highest BCUT2D eigenvalue weighted by Crippen LogP contribution is 2.34. The van der Waals surface area contributed by atoms with E-state index in [4.69, 9.17) is 5.73 Å². The first-order chi connectivity index (χ1) is 9.13. The molecular weight excluding hydrogens is 271 g/mol. The number of hydrogen-bond acceptors (Lipinski definition) is 2. The van der Waals surface area contributed by atoms with Crippen LogP contribution in [0.2, 0.25) is 0 Å². The number of carboxylic acids is 1. The van der Waals surface area contributed by atoms with Gasteiger partial charge in [0.1, 0.15) is 0 Å². The maximum absolute atomic E-state index is 12.7. The zero-order chi connectivity index (χ0) is 15.6. The second-order valence-corrected chi connectivity index (χ2v) is 5.20. The van der Waals surface area contributed by atoms with E-state index in [1.165, 1.54) is 12.1 Å². The molecule has 0 heterocycles. The Morgan fingerprint density at radius 1 is 1.35 bits per heavy atom. The maximum Gasteiger partial charge on any atom is 0.416 e. The SMILES string of the molecule is CC(C)C(CN)(Cc1cccc(C(F)(F)F)c1)C(=O)O. The third kappa shape index (κ3) is 3.30. The molecule has 3 N–H and O–H groups in total. The summed E-state index contributed by atoms with van der Waals surface area (Å²) in [6, 6.07) is 4.71. The Hall–Kier alpha value is -1.56. The fourth-order valence-electron chi connectivity index (χ4n) is 2.14. The molecule has 3 nitrogen and oxygen atoms in total. The summed E-state index contributed by atoms with van der Waals surface area (Å²) in [5.41, 5.74) is 3.86. The quantitative estimate of drug-likeness (QED) is 0.876. The highest BCUT2D eigenvalue weighted by Gasteiger charge is 2.41. The molecule has 0 aliphatic rings. The highest BCUT2D eigenvalue weighted by atomic mass is 19.4. The Morgan fingerprint density at radius 3 is 2.35 bits per heavy atom. The van der Waals surface area contributed by atoms with Crippen LogP contribution in [0.15, 0.2) is 24.3 Å². The molecule has 112 valence electrons. The van der Waals surface area contributed by atoms with Crippen molar-refractivity contribution in [3.8, 4) is 0 Å². The molecule has 1 atom stereocenters. The zero-order valence-corrected chi connectivity index (χ0v) is 11.4. The van der Waals surface area contributed by atoms with E-state index in [9.17, 15) is 23.1 Å². The van der Waals surface area contributed by atoms with Crippen LogP contribution in [0.1, 0.15) is 25.0 Å². The van der Waals surface area contributed by atoms with Crippen LogP contribution in [0.4, 0.5) is 13.2 Å². The summed E-state index contributed by atoms with van der Waals surface area (Å²) in [5, 5.41) is 9.38. The minimum atomic E-state index is -4.44. The Labute approximate surface area is 115 Å². The Kier molecular flexibility index (Phi) is 4.81. The molecule has 0 aliphatic carbocycles. The molecule has 1 rings (SSSR count). The van der Waals surface area contributed by atoms with E-state index >= 15 is 0 Å². The summed E-state index contributed by atoms with van der Waals surface area (Å²) in [6.45, 7) is 3.28. The van der Waals surface area contributed by atoms with E-state index in [0.717, 1.165) is 12.1 Å². The van der Waals surface area contributed by atoms with Gasteiger partial charge in [-0.15, -0.1) is 0 Å². The number of aliphatic carboxylic acids is 1. The number of benzene rings is 1. The van der Waals surface area contributed by atoms with Crippen molar-refractivity contribution < 1.29 is 23.1 Å². The predicted molar refractivity (Wildman–Crippen MR) is 69.1 cm³/mol. The van der Waals surface area contributed by atoms with E-state index < -0.39 is 23.1 Å². The van der Waals surface area contributed by atoms with Crippen LogP contribution in [-0.4, -0.2) is 17.6 Å². The molecule has 1 aromatic carbocycles. The van der Waals surface area contributed by atoms with Crippen molar-refractivity contribution in [1.29, 1.82) is 0 Å². The number of halogens is 3. The van der Waals surface area contributed by atoms with Crippen molar-refractivity contribution >= 4 is 5.97 Å². The lowest BCUT2D eigenvalue weighted by atomic mass is 9.72. The highest BCUT2D eigenvalue weighted by molar-refractivity contribution is 5.75. The predicted octanol–water partition coefficient (Wildman–Crippen LogP) is 2.93. The summed E-state index contributed by atoms with van der Waals surface area (Å²) in [6.07, 6.45) is -4.47. The molecule has 6 heteroatoms. The van der Waals surface area contributed by atoms with Crippen LogP contribution in [0.25, 0.3) is 0 Å². The van der Waals surface area contributed by atoms with Crippen LogP contribution in [0, 0.1) is 11.3 Å². The van der Waals surface area contributed by atoms with Crippen LogP contribution in [-0.2, 0) is 17.4 Å². The van der Waals surface area contributed by atoms with Gasteiger partial charge in [0.2, 0.25) is 0 Å². The first kappa shape index (κ1) is 16.5. The van der Waals surface area contributed by atoms with Crippen molar-refractivity contribution in [3.63, 3.8) is 0 Å². The molecule has 0 amide bonds. The van der Waals surface area contributed by atoms with E-state index in [2.05, 4.69) is 0 Å². The fraction of sp³-hybridized carbons (Fsp3) is 0.500. The van der Waals surface area contributed by atoms with Gasteiger partial charge in [-0.3, -0.25) is 4.79 Å². The summed E-state index contributed by atoms with van der Waals surface area (Å²) < 4.78 is 38.0. The first-order valence-electron chi connectivity index (χ1n) is 6.23. The number of hydrogen-bond donors (Lipinski definition) is 2.